The van der Waals surface area contributed by atoms with E-state index in [-0.39, 0.29) is 12.3 Å². The number of benzene rings is 1. The fraction of sp³-hybridized carbons (Fsp3) is 0.353. The van der Waals surface area contributed by atoms with Gasteiger partial charge in [-0.1, -0.05) is 37.1 Å². The Bertz CT molecular complexity index is 730. The molecule has 1 aromatic carbocycles. The van der Waals surface area contributed by atoms with Gasteiger partial charge in [0.25, 0.3) is 0 Å². The van der Waals surface area contributed by atoms with E-state index in [1.807, 2.05) is 19.1 Å². The van der Waals surface area contributed by atoms with Gasteiger partial charge in [0.15, 0.2) is 0 Å². The van der Waals surface area contributed by atoms with Crippen LogP contribution in [0.4, 0.5) is 0 Å². The molecule has 0 aliphatic rings. The van der Waals surface area contributed by atoms with Crippen molar-refractivity contribution >= 4 is 34.8 Å². The first-order chi connectivity index (χ1) is 11.3. The number of carbonyl (C=O) groups excluding carboxylic acids is 1. The smallest absolute Gasteiger partial charge is 0.329 e. The Labute approximate surface area is 149 Å². The summed E-state index contributed by atoms with van der Waals surface area (Å²) in [5, 5.41) is 15.2. The first-order valence-corrected chi connectivity index (χ1v) is 8.84. The van der Waals surface area contributed by atoms with Gasteiger partial charge in [-0.05, 0) is 25.5 Å². The Morgan fingerprint density at radius 1 is 1.33 bits per heavy atom. The molecule has 1 heterocycles. The molecule has 0 bridgehead atoms. The lowest BCUT2D eigenvalue weighted by Gasteiger charge is -2.25. The number of rotatable bonds is 7. The molecule has 0 fully saturated rings. The van der Waals surface area contributed by atoms with Crippen molar-refractivity contribution in [3.8, 4) is 10.6 Å². The van der Waals surface area contributed by atoms with Gasteiger partial charge in [-0.25, -0.2) is 9.78 Å². The van der Waals surface area contributed by atoms with Crippen LogP contribution in [-0.2, 0) is 16.0 Å². The minimum atomic E-state index is -1.25. The van der Waals surface area contributed by atoms with Crippen molar-refractivity contribution in [1.82, 2.24) is 10.3 Å². The molecule has 0 aliphatic carbocycles. The third-order valence-electron chi connectivity index (χ3n) is 3.62. The number of halogens is 1. The van der Waals surface area contributed by atoms with Gasteiger partial charge in [0, 0.05) is 16.0 Å². The van der Waals surface area contributed by atoms with Crippen LogP contribution in [0, 0.1) is 0 Å². The van der Waals surface area contributed by atoms with Gasteiger partial charge in [0.1, 0.15) is 10.5 Å². The number of carboxylic acids is 1. The third-order valence-corrected chi connectivity index (χ3v) is 4.81. The zero-order valence-electron chi connectivity index (χ0n) is 13.5. The van der Waals surface area contributed by atoms with Gasteiger partial charge < -0.3 is 10.4 Å². The Morgan fingerprint density at radius 2 is 2.00 bits per heavy atom. The molecule has 5 nitrogen and oxygen atoms in total. The molecule has 7 heteroatoms. The number of amides is 1. The predicted molar refractivity (Wildman–Crippen MR) is 95.4 cm³/mol. The Kier molecular flexibility index (Phi) is 5.96. The molecule has 1 amide bonds. The third kappa shape index (κ3) is 4.55. The molecule has 0 aliphatic heterocycles. The lowest BCUT2D eigenvalue weighted by atomic mass is 9.96. The number of aliphatic carboxylic acids is 1. The van der Waals surface area contributed by atoms with Crippen molar-refractivity contribution in [3.05, 3.63) is 40.4 Å². The van der Waals surface area contributed by atoms with Gasteiger partial charge in [0.05, 0.1) is 12.1 Å². The minimum Gasteiger partial charge on any atom is -0.480 e. The van der Waals surface area contributed by atoms with E-state index in [9.17, 15) is 14.7 Å². The molecule has 2 rings (SSSR count). The van der Waals surface area contributed by atoms with Crippen LogP contribution < -0.4 is 5.32 Å². The highest BCUT2D eigenvalue weighted by molar-refractivity contribution is 7.13. The van der Waals surface area contributed by atoms with Crippen LogP contribution in [0.3, 0.4) is 0 Å². The van der Waals surface area contributed by atoms with Gasteiger partial charge >= 0.3 is 5.97 Å². The van der Waals surface area contributed by atoms with Crippen LogP contribution in [0.1, 0.15) is 32.4 Å². The number of thiazole rings is 1. The van der Waals surface area contributed by atoms with E-state index in [0.717, 1.165) is 10.6 Å². The molecular formula is C17H19ClN2O3S. The molecule has 0 saturated carbocycles. The summed E-state index contributed by atoms with van der Waals surface area (Å²) in [6.07, 6.45) is 1.10. The fourth-order valence-electron chi connectivity index (χ4n) is 2.35. The normalized spacial score (nSPS) is 13.3. The van der Waals surface area contributed by atoms with Crippen molar-refractivity contribution in [2.75, 3.05) is 0 Å². The number of hydrogen-bond acceptors (Lipinski definition) is 4. The van der Waals surface area contributed by atoms with E-state index in [2.05, 4.69) is 10.3 Å². The summed E-state index contributed by atoms with van der Waals surface area (Å²) in [5.74, 6) is -1.38. The van der Waals surface area contributed by atoms with Crippen molar-refractivity contribution in [2.24, 2.45) is 0 Å². The number of aromatic nitrogens is 1. The lowest BCUT2D eigenvalue weighted by molar-refractivity contribution is -0.147. The number of carbonyl (C=O) groups is 2. The van der Waals surface area contributed by atoms with Crippen LogP contribution in [0.2, 0.25) is 5.02 Å². The Balaban J connectivity index is 2.05. The second kappa shape index (κ2) is 7.77. The first kappa shape index (κ1) is 18.4. The highest BCUT2D eigenvalue weighted by Crippen LogP contribution is 2.25. The summed E-state index contributed by atoms with van der Waals surface area (Å²) in [6.45, 7) is 3.41. The van der Waals surface area contributed by atoms with Gasteiger partial charge in [-0.3, -0.25) is 4.79 Å². The van der Waals surface area contributed by atoms with Crippen LogP contribution in [0.5, 0.6) is 0 Å². The Morgan fingerprint density at radius 3 is 2.58 bits per heavy atom. The van der Waals surface area contributed by atoms with E-state index >= 15 is 0 Å². The Hall–Kier alpha value is -1.92. The van der Waals surface area contributed by atoms with Gasteiger partial charge in [-0.15, -0.1) is 11.3 Å². The number of nitrogens with zero attached hydrogens (tertiary/aromatic N) is 1. The summed E-state index contributed by atoms with van der Waals surface area (Å²) >= 11 is 7.30. The second-order valence-electron chi connectivity index (χ2n) is 5.76. The van der Waals surface area contributed by atoms with Gasteiger partial charge in [-0.2, -0.15) is 0 Å². The highest BCUT2D eigenvalue weighted by atomic mass is 35.5. The molecule has 128 valence electrons. The number of nitrogens with one attached hydrogen (secondary N) is 1. The summed E-state index contributed by atoms with van der Waals surface area (Å²) in [7, 11) is 0. The first-order valence-electron chi connectivity index (χ1n) is 7.59. The quantitative estimate of drug-likeness (QED) is 0.781. The summed E-state index contributed by atoms with van der Waals surface area (Å²) in [6, 6.07) is 7.31. The highest BCUT2D eigenvalue weighted by Gasteiger charge is 2.33. The van der Waals surface area contributed by atoms with E-state index in [1.165, 1.54) is 18.3 Å². The average Bonchev–Trinajstić information content (AvgIpc) is 2.96. The van der Waals surface area contributed by atoms with E-state index in [4.69, 9.17) is 11.6 Å². The molecular weight excluding hydrogens is 348 g/mol. The molecule has 24 heavy (non-hydrogen) atoms. The second-order valence-corrected chi connectivity index (χ2v) is 7.06. The SMILES string of the molecule is CCCC(C)(NC(=O)Cc1csc(-c2ccc(Cl)cc2)n1)C(=O)O. The zero-order chi connectivity index (χ0) is 17.7. The summed E-state index contributed by atoms with van der Waals surface area (Å²) in [4.78, 5) is 28.0. The number of carboxylic acid groups (broad SMARTS) is 1. The maximum absolute atomic E-state index is 12.2. The van der Waals surface area contributed by atoms with E-state index < -0.39 is 11.5 Å². The molecule has 0 spiro atoms. The van der Waals surface area contributed by atoms with Crippen LogP contribution >= 0.6 is 22.9 Å². The molecule has 2 N–H and O–H groups in total. The van der Waals surface area contributed by atoms with Crippen molar-refractivity contribution < 1.29 is 14.7 Å². The molecule has 1 unspecified atom stereocenters. The summed E-state index contributed by atoms with van der Waals surface area (Å²) in [5.41, 5.74) is 0.296. The van der Waals surface area contributed by atoms with E-state index in [1.54, 1.807) is 17.5 Å². The maximum Gasteiger partial charge on any atom is 0.329 e. The van der Waals surface area contributed by atoms with Gasteiger partial charge in [0.2, 0.25) is 5.91 Å². The number of hydrogen-bond donors (Lipinski definition) is 2. The molecule has 2 aromatic rings. The molecule has 1 atom stereocenters. The lowest BCUT2D eigenvalue weighted by Crippen LogP contribution is -2.52. The van der Waals surface area contributed by atoms with Crippen LogP contribution in [-0.4, -0.2) is 27.5 Å². The van der Waals surface area contributed by atoms with Crippen LogP contribution in [0.25, 0.3) is 10.6 Å². The minimum absolute atomic E-state index is 0.0523. The van der Waals surface area contributed by atoms with Crippen molar-refractivity contribution in [2.45, 2.75) is 38.6 Å². The monoisotopic (exact) mass is 366 g/mol. The molecule has 1 aromatic heterocycles. The standard InChI is InChI=1S/C17H19ClN2O3S/c1-3-8-17(2,16(22)23)20-14(21)9-13-10-24-15(19-13)11-4-6-12(18)7-5-11/h4-7,10H,3,8-9H2,1-2H3,(H,20,21)(H,22,23). The van der Waals surface area contributed by atoms with E-state index in [0.29, 0.717) is 23.6 Å². The molecule has 0 radical (unpaired) electrons. The van der Waals surface area contributed by atoms with Crippen LogP contribution in [0.15, 0.2) is 29.6 Å². The fourth-order valence-corrected chi connectivity index (χ4v) is 3.30. The van der Waals surface area contributed by atoms with Crippen molar-refractivity contribution in [1.29, 1.82) is 0 Å². The van der Waals surface area contributed by atoms with Crippen molar-refractivity contribution in [3.63, 3.8) is 0 Å². The largest absolute Gasteiger partial charge is 0.480 e. The summed E-state index contributed by atoms with van der Waals surface area (Å²) < 4.78 is 0. The average molecular weight is 367 g/mol. The maximum atomic E-state index is 12.2. The predicted octanol–water partition coefficient (Wildman–Crippen LogP) is 3.77. The zero-order valence-corrected chi connectivity index (χ0v) is 15.1. The molecule has 0 saturated heterocycles. The topological polar surface area (TPSA) is 79.3 Å².